The molecule has 4 amide bonds. The summed E-state index contributed by atoms with van der Waals surface area (Å²) in [7, 11) is 1.65. The lowest BCUT2D eigenvalue weighted by atomic mass is 10.0. The van der Waals surface area contributed by atoms with Crippen LogP contribution in [0.3, 0.4) is 0 Å². The molecule has 142 valence electrons. The van der Waals surface area contributed by atoms with Crippen molar-refractivity contribution in [3.05, 3.63) is 29.3 Å². The summed E-state index contributed by atoms with van der Waals surface area (Å²) in [5, 5.41) is 8.74. The largest absolute Gasteiger partial charge is 0.378 e. The van der Waals surface area contributed by atoms with Gasteiger partial charge in [-0.1, -0.05) is 0 Å². The molecular formula is C18H20N4O5. The minimum Gasteiger partial charge on any atom is -0.378 e. The van der Waals surface area contributed by atoms with Gasteiger partial charge in [0.15, 0.2) is 0 Å². The van der Waals surface area contributed by atoms with Gasteiger partial charge in [-0.05, 0) is 24.6 Å². The van der Waals surface area contributed by atoms with Crippen molar-refractivity contribution in [2.45, 2.75) is 31.0 Å². The van der Waals surface area contributed by atoms with Gasteiger partial charge in [0.1, 0.15) is 6.04 Å². The molecule has 9 heteroatoms. The molecule has 9 nitrogen and oxygen atoms in total. The van der Waals surface area contributed by atoms with Gasteiger partial charge in [0.2, 0.25) is 11.8 Å². The third-order valence-corrected chi connectivity index (χ3v) is 5.25. The van der Waals surface area contributed by atoms with Crippen LogP contribution in [0.1, 0.15) is 33.6 Å². The highest BCUT2D eigenvalue weighted by molar-refractivity contribution is 6.23. The minimum atomic E-state index is -0.955. The quantitative estimate of drug-likeness (QED) is 0.609. The summed E-state index contributed by atoms with van der Waals surface area (Å²) < 4.78 is 5.42. The normalized spacial score (nSPS) is 27.7. The van der Waals surface area contributed by atoms with E-state index >= 15 is 0 Å². The van der Waals surface area contributed by atoms with Gasteiger partial charge in [-0.25, -0.2) is 0 Å². The van der Waals surface area contributed by atoms with E-state index in [4.69, 9.17) is 4.74 Å². The van der Waals surface area contributed by atoms with Gasteiger partial charge in [0, 0.05) is 32.3 Å². The van der Waals surface area contributed by atoms with Crippen LogP contribution in [0.15, 0.2) is 18.2 Å². The molecule has 2 fully saturated rings. The Morgan fingerprint density at radius 1 is 1.11 bits per heavy atom. The fraction of sp³-hybridized carbons (Fsp3) is 0.444. The molecule has 0 bridgehead atoms. The molecular weight excluding hydrogens is 352 g/mol. The molecule has 3 N–H and O–H groups in total. The smallest absolute Gasteiger partial charge is 0.262 e. The summed E-state index contributed by atoms with van der Waals surface area (Å²) >= 11 is 0. The van der Waals surface area contributed by atoms with E-state index in [0.29, 0.717) is 5.69 Å². The Balaban J connectivity index is 1.56. The number of nitrogens with one attached hydrogen (secondary N) is 3. The number of hydrogen-bond donors (Lipinski definition) is 3. The van der Waals surface area contributed by atoms with E-state index in [9.17, 15) is 19.2 Å². The first-order chi connectivity index (χ1) is 13.0. The standard InChI is InChI=1S/C18H20N4O5/c1-27-14-8-19-7-12(14)20-9-2-3-10-11(6-9)18(26)22(17(10)25)13-4-5-15(23)21-16(13)24/h2-3,6,12-14,19-20H,4-5,7-8H2,1H3,(H,21,23,24)/t12-,13?,14+/m0/s1. The Morgan fingerprint density at radius 2 is 1.89 bits per heavy atom. The maximum Gasteiger partial charge on any atom is 0.262 e. The van der Waals surface area contributed by atoms with Crippen molar-refractivity contribution in [2.75, 3.05) is 25.5 Å². The number of carbonyl (C=O) groups excluding carboxylic acids is 4. The van der Waals surface area contributed by atoms with Crippen LogP contribution in [0.5, 0.6) is 0 Å². The molecule has 1 unspecified atom stereocenters. The van der Waals surface area contributed by atoms with Gasteiger partial charge in [-0.15, -0.1) is 0 Å². The molecule has 0 saturated carbocycles. The van der Waals surface area contributed by atoms with Crippen LogP contribution < -0.4 is 16.0 Å². The van der Waals surface area contributed by atoms with Crippen LogP contribution in [0.25, 0.3) is 0 Å². The number of benzene rings is 1. The molecule has 1 aromatic rings. The van der Waals surface area contributed by atoms with E-state index in [0.717, 1.165) is 18.0 Å². The highest BCUT2D eigenvalue weighted by Gasteiger charge is 2.44. The van der Waals surface area contributed by atoms with E-state index < -0.39 is 29.7 Å². The predicted molar refractivity (Wildman–Crippen MR) is 94.2 cm³/mol. The van der Waals surface area contributed by atoms with Crippen molar-refractivity contribution in [1.29, 1.82) is 0 Å². The van der Waals surface area contributed by atoms with Crippen molar-refractivity contribution in [3.8, 4) is 0 Å². The molecule has 27 heavy (non-hydrogen) atoms. The third-order valence-electron chi connectivity index (χ3n) is 5.25. The van der Waals surface area contributed by atoms with E-state index in [2.05, 4.69) is 16.0 Å². The number of anilines is 1. The van der Waals surface area contributed by atoms with Gasteiger partial charge >= 0.3 is 0 Å². The second-order valence-electron chi connectivity index (χ2n) is 6.89. The average Bonchev–Trinajstić information content (AvgIpc) is 3.19. The highest BCUT2D eigenvalue weighted by atomic mass is 16.5. The highest BCUT2D eigenvalue weighted by Crippen LogP contribution is 2.30. The van der Waals surface area contributed by atoms with Crippen molar-refractivity contribution in [1.82, 2.24) is 15.5 Å². The first-order valence-electron chi connectivity index (χ1n) is 8.85. The predicted octanol–water partition coefficient (Wildman–Crippen LogP) is -0.513. The lowest BCUT2D eigenvalue weighted by molar-refractivity contribution is -0.136. The number of amides is 4. The molecule has 2 saturated heterocycles. The Bertz CT molecular complexity index is 839. The molecule has 0 aliphatic carbocycles. The molecule has 0 radical (unpaired) electrons. The molecule has 3 aliphatic heterocycles. The van der Waals surface area contributed by atoms with Crippen molar-refractivity contribution in [2.24, 2.45) is 0 Å². The maximum atomic E-state index is 12.8. The molecule has 0 spiro atoms. The van der Waals surface area contributed by atoms with Crippen LogP contribution in [-0.2, 0) is 14.3 Å². The molecule has 4 rings (SSSR count). The lowest BCUT2D eigenvalue weighted by Gasteiger charge is -2.27. The Morgan fingerprint density at radius 3 is 2.63 bits per heavy atom. The molecule has 1 aromatic carbocycles. The van der Waals surface area contributed by atoms with Crippen LogP contribution in [-0.4, -0.2) is 66.9 Å². The molecule has 0 aromatic heterocycles. The van der Waals surface area contributed by atoms with Gasteiger partial charge in [0.25, 0.3) is 11.8 Å². The van der Waals surface area contributed by atoms with Crippen LogP contribution >= 0.6 is 0 Å². The number of rotatable bonds is 4. The number of methoxy groups -OCH3 is 1. The number of piperidine rings is 1. The summed E-state index contributed by atoms with van der Waals surface area (Å²) in [6, 6.07) is 4.05. The summed E-state index contributed by atoms with van der Waals surface area (Å²) in [5.74, 6) is -2.02. The number of nitrogens with zero attached hydrogens (tertiary/aromatic N) is 1. The monoisotopic (exact) mass is 372 g/mol. The Kier molecular flexibility index (Phi) is 4.40. The van der Waals surface area contributed by atoms with Crippen LogP contribution in [0, 0.1) is 0 Å². The van der Waals surface area contributed by atoms with Crippen LogP contribution in [0.4, 0.5) is 5.69 Å². The zero-order chi connectivity index (χ0) is 19.1. The average molecular weight is 372 g/mol. The second-order valence-corrected chi connectivity index (χ2v) is 6.89. The summed E-state index contributed by atoms with van der Waals surface area (Å²) in [6.07, 6.45) is 0.254. The second kappa shape index (κ2) is 6.75. The van der Waals surface area contributed by atoms with Crippen molar-refractivity contribution >= 4 is 29.3 Å². The van der Waals surface area contributed by atoms with Gasteiger partial charge in [-0.3, -0.25) is 29.4 Å². The number of carbonyl (C=O) groups is 4. The molecule has 3 atom stereocenters. The third kappa shape index (κ3) is 2.98. The van der Waals surface area contributed by atoms with Gasteiger partial charge < -0.3 is 15.4 Å². The van der Waals surface area contributed by atoms with E-state index in [1.54, 1.807) is 25.3 Å². The van der Waals surface area contributed by atoms with Crippen LogP contribution in [0.2, 0.25) is 0 Å². The minimum absolute atomic E-state index is 0.00978. The maximum absolute atomic E-state index is 12.8. The first kappa shape index (κ1) is 17.6. The summed E-state index contributed by atoms with van der Waals surface area (Å²) in [6.45, 7) is 1.46. The SMILES string of the molecule is CO[C@@H]1CNC[C@@H]1Nc1ccc2c(c1)C(=O)N(C1CCC(=O)NC1=O)C2=O. The summed E-state index contributed by atoms with van der Waals surface area (Å²) in [5.41, 5.74) is 1.23. The van der Waals surface area contributed by atoms with Crippen molar-refractivity contribution in [3.63, 3.8) is 0 Å². The lowest BCUT2D eigenvalue weighted by Crippen LogP contribution is -2.54. The molecule has 3 heterocycles. The first-order valence-corrected chi connectivity index (χ1v) is 8.85. The zero-order valence-electron chi connectivity index (χ0n) is 14.8. The Hall–Kier alpha value is -2.78. The number of fused-ring (bicyclic) bond motifs is 1. The fourth-order valence-corrected chi connectivity index (χ4v) is 3.82. The topological polar surface area (TPSA) is 117 Å². The number of imide groups is 2. The van der Waals surface area contributed by atoms with Gasteiger partial charge in [0.05, 0.1) is 23.3 Å². The van der Waals surface area contributed by atoms with E-state index in [1.165, 1.54) is 0 Å². The van der Waals surface area contributed by atoms with Gasteiger partial charge in [-0.2, -0.15) is 0 Å². The summed E-state index contributed by atoms with van der Waals surface area (Å²) in [4.78, 5) is 49.9. The van der Waals surface area contributed by atoms with Crippen molar-refractivity contribution < 1.29 is 23.9 Å². The fourth-order valence-electron chi connectivity index (χ4n) is 3.82. The molecule has 3 aliphatic rings. The van der Waals surface area contributed by atoms with E-state index in [1.807, 2.05) is 0 Å². The number of ether oxygens (including phenoxy) is 1. The number of hydrogen-bond acceptors (Lipinski definition) is 7. The Labute approximate surface area is 155 Å². The van der Waals surface area contributed by atoms with E-state index in [-0.39, 0.29) is 36.1 Å². The zero-order valence-corrected chi connectivity index (χ0v) is 14.8.